The van der Waals surface area contributed by atoms with Gasteiger partial charge in [-0.15, -0.1) is 6.58 Å². The number of piperidine rings is 1. The molecule has 0 bridgehead atoms. The van der Waals surface area contributed by atoms with Crippen LogP contribution in [0.5, 0.6) is 5.75 Å². The van der Waals surface area contributed by atoms with E-state index < -0.39 is 0 Å². The molecule has 31 heavy (non-hydrogen) atoms. The van der Waals surface area contributed by atoms with Crippen molar-refractivity contribution >= 4 is 16.6 Å². The molecule has 1 aromatic carbocycles. The Hall–Kier alpha value is -2.07. The third kappa shape index (κ3) is 6.22. The highest BCUT2D eigenvalue weighted by Gasteiger charge is 2.37. The van der Waals surface area contributed by atoms with Crippen LogP contribution in [0.2, 0.25) is 0 Å². The summed E-state index contributed by atoms with van der Waals surface area (Å²) in [7, 11) is 1.71. The molecule has 1 aliphatic heterocycles. The van der Waals surface area contributed by atoms with Gasteiger partial charge in [0.05, 0.1) is 12.6 Å². The van der Waals surface area contributed by atoms with Crippen LogP contribution >= 0.6 is 0 Å². The van der Waals surface area contributed by atoms with Gasteiger partial charge in [0, 0.05) is 30.4 Å². The lowest BCUT2D eigenvalue weighted by Crippen LogP contribution is -2.44. The summed E-state index contributed by atoms with van der Waals surface area (Å²) < 4.78 is 5.41. The Morgan fingerprint density at radius 2 is 2.03 bits per heavy atom. The van der Waals surface area contributed by atoms with E-state index in [0.29, 0.717) is 11.3 Å². The van der Waals surface area contributed by atoms with Gasteiger partial charge >= 0.3 is 0 Å². The molecule has 1 aliphatic rings. The number of nitrogens with zero attached hydrogens (tertiary/aromatic N) is 1. The molecule has 1 fully saturated rings. The average Bonchev–Trinajstić information content (AvgIpc) is 2.81. The van der Waals surface area contributed by atoms with E-state index >= 15 is 0 Å². The van der Waals surface area contributed by atoms with Crippen molar-refractivity contribution in [3.05, 3.63) is 43.1 Å². The molecule has 0 unspecified atom stereocenters. The zero-order valence-electron chi connectivity index (χ0n) is 19.6. The van der Waals surface area contributed by atoms with E-state index in [1.165, 1.54) is 57.8 Å². The molecule has 2 heterocycles. The molecule has 0 amide bonds. The summed E-state index contributed by atoms with van der Waals surface area (Å²) in [6.45, 7) is 9.68. The van der Waals surface area contributed by atoms with Crippen LogP contribution in [0.3, 0.4) is 0 Å². The van der Waals surface area contributed by atoms with Crippen molar-refractivity contribution in [3.8, 4) is 5.75 Å². The van der Waals surface area contributed by atoms with Gasteiger partial charge in [-0.25, -0.2) is 0 Å². The molecule has 1 aromatic heterocycles. The number of unbranched alkanes of at least 4 members (excludes halogenated alkanes) is 4. The quantitative estimate of drug-likeness (QED) is 0.282. The zero-order chi connectivity index (χ0) is 21.9. The molecule has 4 nitrogen and oxygen atoms in total. The number of anilines is 1. The lowest BCUT2D eigenvalue weighted by molar-refractivity contribution is 0.109. The minimum absolute atomic E-state index is 0.407. The van der Waals surface area contributed by atoms with Gasteiger partial charge in [0.25, 0.3) is 0 Å². The average molecular weight is 424 g/mol. The fourth-order valence-electron chi connectivity index (χ4n) is 5.23. The Kier molecular flexibility index (Phi) is 9.20. The molecular weight excluding hydrogens is 382 g/mol. The van der Waals surface area contributed by atoms with Crippen LogP contribution in [0.25, 0.3) is 10.9 Å². The number of hydrogen-bond donors (Lipinski definition) is 2. The molecule has 2 atom stereocenters. The number of nitrogens with one attached hydrogen (secondary N) is 2. The first-order valence-electron chi connectivity index (χ1n) is 12.2. The number of benzene rings is 1. The van der Waals surface area contributed by atoms with Crippen LogP contribution in [0.15, 0.2) is 43.1 Å². The summed E-state index contributed by atoms with van der Waals surface area (Å²) in [6, 6.07) is 8.14. The maximum Gasteiger partial charge on any atom is 0.119 e. The standard InChI is InChI=1S/C27H41N3O/c1-4-6-7-8-9-14-27(16-19-28-21-22(27)5-2)15-10-17-29-26-13-18-30-25-12-11-23(31-3)20-24(25)26/h5,11-13,18,20,22,28H,2,4,6-10,14-17,19,21H2,1,3H3,(H,29,30)/t22-,27-/m0/s1. The van der Waals surface area contributed by atoms with E-state index in [4.69, 9.17) is 4.74 Å². The second-order valence-electron chi connectivity index (χ2n) is 9.09. The lowest BCUT2D eigenvalue weighted by Gasteiger charge is -2.44. The Balaban J connectivity index is 1.60. The van der Waals surface area contributed by atoms with Crippen LogP contribution < -0.4 is 15.4 Å². The highest BCUT2D eigenvalue weighted by atomic mass is 16.5. The molecule has 0 aliphatic carbocycles. The van der Waals surface area contributed by atoms with E-state index in [0.717, 1.165) is 42.0 Å². The maximum atomic E-state index is 5.41. The number of rotatable bonds is 13. The Labute approximate surface area is 188 Å². The summed E-state index contributed by atoms with van der Waals surface area (Å²) in [5.74, 6) is 1.45. The highest BCUT2D eigenvalue weighted by molar-refractivity contribution is 5.92. The number of pyridine rings is 1. The van der Waals surface area contributed by atoms with Gasteiger partial charge < -0.3 is 15.4 Å². The van der Waals surface area contributed by atoms with Crippen LogP contribution in [-0.4, -0.2) is 31.7 Å². The zero-order valence-corrected chi connectivity index (χ0v) is 19.6. The molecule has 0 radical (unpaired) electrons. The number of methoxy groups -OCH3 is 1. The molecule has 170 valence electrons. The minimum Gasteiger partial charge on any atom is -0.497 e. The van der Waals surface area contributed by atoms with Gasteiger partial charge in [-0.05, 0) is 67.8 Å². The predicted octanol–water partition coefficient (Wildman–Crippen LogP) is 6.58. The molecule has 4 heteroatoms. The van der Waals surface area contributed by atoms with Crippen molar-refractivity contribution in [2.24, 2.45) is 11.3 Å². The number of aromatic nitrogens is 1. The third-order valence-corrected chi connectivity index (χ3v) is 7.13. The molecule has 0 spiro atoms. The largest absolute Gasteiger partial charge is 0.497 e. The topological polar surface area (TPSA) is 46.2 Å². The Morgan fingerprint density at radius 1 is 1.19 bits per heavy atom. The van der Waals surface area contributed by atoms with Gasteiger partial charge in [0.15, 0.2) is 0 Å². The predicted molar refractivity (Wildman–Crippen MR) is 133 cm³/mol. The van der Waals surface area contributed by atoms with E-state index in [2.05, 4.69) is 47.3 Å². The van der Waals surface area contributed by atoms with Crippen LogP contribution in [0.4, 0.5) is 5.69 Å². The maximum absolute atomic E-state index is 5.41. The highest BCUT2D eigenvalue weighted by Crippen LogP contribution is 2.44. The molecule has 0 saturated carbocycles. The van der Waals surface area contributed by atoms with E-state index in [1.807, 2.05) is 18.3 Å². The first-order valence-corrected chi connectivity index (χ1v) is 12.2. The molecule has 3 rings (SSSR count). The second kappa shape index (κ2) is 12.1. The van der Waals surface area contributed by atoms with Crippen LogP contribution in [0.1, 0.15) is 64.7 Å². The van der Waals surface area contributed by atoms with Crippen molar-refractivity contribution < 1.29 is 4.74 Å². The van der Waals surface area contributed by atoms with E-state index in [1.54, 1.807) is 7.11 Å². The van der Waals surface area contributed by atoms with Gasteiger partial charge in [0.1, 0.15) is 5.75 Å². The second-order valence-corrected chi connectivity index (χ2v) is 9.09. The smallest absolute Gasteiger partial charge is 0.119 e. The van der Waals surface area contributed by atoms with Crippen molar-refractivity contribution in [1.29, 1.82) is 0 Å². The first kappa shape index (κ1) is 23.6. The number of ether oxygens (including phenoxy) is 1. The fraction of sp³-hybridized carbons (Fsp3) is 0.593. The van der Waals surface area contributed by atoms with Crippen molar-refractivity contribution in [1.82, 2.24) is 10.3 Å². The number of hydrogen-bond acceptors (Lipinski definition) is 4. The Morgan fingerprint density at radius 3 is 2.84 bits per heavy atom. The molecule has 1 saturated heterocycles. The van der Waals surface area contributed by atoms with E-state index in [-0.39, 0.29) is 0 Å². The molecule has 2 N–H and O–H groups in total. The van der Waals surface area contributed by atoms with Crippen LogP contribution in [0, 0.1) is 11.3 Å². The summed E-state index contributed by atoms with van der Waals surface area (Å²) in [6.07, 6.45) is 15.9. The van der Waals surface area contributed by atoms with Gasteiger partial charge in [-0.1, -0.05) is 45.1 Å². The Bertz CT molecular complexity index is 821. The van der Waals surface area contributed by atoms with Crippen molar-refractivity contribution in [2.45, 2.75) is 64.7 Å². The summed E-state index contributed by atoms with van der Waals surface area (Å²) in [5.41, 5.74) is 2.55. The molecule has 2 aromatic rings. The van der Waals surface area contributed by atoms with Crippen molar-refractivity contribution in [3.63, 3.8) is 0 Å². The SMILES string of the molecule is C=C[C@H]1CNCC[C@]1(CCCCCCC)CCCNc1ccnc2ccc(OC)cc12. The van der Waals surface area contributed by atoms with E-state index in [9.17, 15) is 0 Å². The number of fused-ring (bicyclic) bond motifs is 1. The fourth-order valence-corrected chi connectivity index (χ4v) is 5.23. The summed E-state index contributed by atoms with van der Waals surface area (Å²) in [5, 5.41) is 8.39. The van der Waals surface area contributed by atoms with Gasteiger partial charge in [-0.2, -0.15) is 0 Å². The third-order valence-electron chi connectivity index (χ3n) is 7.13. The summed E-state index contributed by atoms with van der Waals surface area (Å²) in [4.78, 5) is 4.49. The van der Waals surface area contributed by atoms with Crippen LogP contribution in [-0.2, 0) is 0 Å². The van der Waals surface area contributed by atoms with Gasteiger partial charge in [0.2, 0.25) is 0 Å². The van der Waals surface area contributed by atoms with Crippen molar-refractivity contribution in [2.75, 3.05) is 32.1 Å². The van der Waals surface area contributed by atoms with Gasteiger partial charge in [-0.3, -0.25) is 4.98 Å². The summed E-state index contributed by atoms with van der Waals surface area (Å²) >= 11 is 0. The first-order chi connectivity index (χ1) is 15.2. The lowest BCUT2D eigenvalue weighted by atomic mass is 9.65. The minimum atomic E-state index is 0.407. The monoisotopic (exact) mass is 423 g/mol. The molecular formula is C27H41N3O. The normalized spacial score (nSPS) is 21.2.